The first-order chi connectivity index (χ1) is 9.90. The summed E-state index contributed by atoms with van der Waals surface area (Å²) in [7, 11) is 0. The Kier molecular flexibility index (Phi) is 2.69. The fraction of sp³-hybridized carbons (Fsp3) is 0.235. The molecule has 0 aliphatic heterocycles. The van der Waals surface area contributed by atoms with Gasteiger partial charge in [0, 0.05) is 23.2 Å². The second kappa shape index (κ2) is 4.67. The lowest BCUT2D eigenvalue weighted by Gasteiger charge is -2.05. The minimum Gasteiger partial charge on any atom is -0.385 e. The molecule has 0 unspecified atom stereocenters. The van der Waals surface area contributed by atoms with Crippen molar-refractivity contribution in [2.45, 2.75) is 12.8 Å². The number of benzene rings is 2. The third kappa shape index (κ3) is 2.16. The van der Waals surface area contributed by atoms with E-state index in [1.165, 1.54) is 23.9 Å². The topological polar surface area (TPSA) is 40.7 Å². The number of hydrogen-bond donors (Lipinski definition) is 2. The summed E-state index contributed by atoms with van der Waals surface area (Å²) >= 11 is 0. The first kappa shape index (κ1) is 11.5. The highest BCUT2D eigenvalue weighted by Crippen LogP contribution is 2.30. The fourth-order valence-corrected chi connectivity index (χ4v) is 2.53. The van der Waals surface area contributed by atoms with Gasteiger partial charge in [0.05, 0.1) is 11.2 Å². The second-order valence-electron chi connectivity index (χ2n) is 5.52. The Labute approximate surface area is 118 Å². The first-order valence-corrected chi connectivity index (χ1v) is 7.17. The van der Waals surface area contributed by atoms with Gasteiger partial charge in [-0.1, -0.05) is 30.3 Å². The van der Waals surface area contributed by atoms with Gasteiger partial charge in [0.2, 0.25) is 0 Å². The molecular weight excluding hydrogens is 246 g/mol. The molecule has 0 spiro atoms. The largest absolute Gasteiger partial charge is 0.385 e. The number of nitrogens with one attached hydrogen (secondary N) is 2. The molecule has 0 amide bonds. The summed E-state index contributed by atoms with van der Waals surface area (Å²) in [6, 6.07) is 16.7. The van der Waals surface area contributed by atoms with Crippen LogP contribution < -0.4 is 5.32 Å². The Morgan fingerprint density at radius 1 is 1.10 bits per heavy atom. The van der Waals surface area contributed by atoms with Crippen LogP contribution in [0.4, 0.5) is 5.69 Å². The molecule has 0 atom stereocenters. The number of aromatic nitrogens is 2. The summed E-state index contributed by atoms with van der Waals surface area (Å²) in [5.74, 6) is 0.882. The van der Waals surface area contributed by atoms with Gasteiger partial charge in [0.1, 0.15) is 0 Å². The number of rotatable bonds is 4. The lowest BCUT2D eigenvalue weighted by molar-refractivity contribution is 0.889. The lowest BCUT2D eigenvalue weighted by Crippen LogP contribution is -2.02. The van der Waals surface area contributed by atoms with Crippen molar-refractivity contribution < 1.29 is 0 Å². The number of H-pyrrole nitrogens is 1. The number of fused-ring (bicyclic) bond motifs is 1. The Hall–Kier alpha value is -2.29. The zero-order valence-corrected chi connectivity index (χ0v) is 11.3. The van der Waals surface area contributed by atoms with E-state index in [2.05, 4.69) is 45.8 Å². The molecule has 1 heterocycles. The smallest absolute Gasteiger partial charge is 0.0999 e. The van der Waals surface area contributed by atoms with Crippen LogP contribution in [0.2, 0.25) is 0 Å². The van der Waals surface area contributed by atoms with Crippen molar-refractivity contribution in [3.05, 3.63) is 48.5 Å². The SMILES string of the molecule is c1ccc(-c2n[nH]c3cc(NCC4CC4)ccc23)cc1. The molecule has 4 rings (SSSR count). The Balaban J connectivity index is 1.67. The highest BCUT2D eigenvalue weighted by Gasteiger charge is 2.20. The summed E-state index contributed by atoms with van der Waals surface area (Å²) in [5.41, 5.74) is 4.43. The van der Waals surface area contributed by atoms with Crippen LogP contribution in [0.3, 0.4) is 0 Å². The molecule has 20 heavy (non-hydrogen) atoms. The second-order valence-corrected chi connectivity index (χ2v) is 5.52. The average molecular weight is 263 g/mol. The quantitative estimate of drug-likeness (QED) is 0.745. The standard InChI is InChI=1S/C17H17N3/c1-2-4-13(5-3-1)17-15-9-8-14(10-16(15)19-20-17)18-11-12-6-7-12/h1-5,8-10,12,18H,6-7,11H2,(H,19,20). The highest BCUT2D eigenvalue weighted by molar-refractivity contribution is 5.94. The maximum absolute atomic E-state index is 4.46. The van der Waals surface area contributed by atoms with Crippen molar-refractivity contribution in [1.82, 2.24) is 10.2 Å². The summed E-state index contributed by atoms with van der Waals surface area (Å²) in [6.45, 7) is 1.09. The van der Waals surface area contributed by atoms with E-state index >= 15 is 0 Å². The van der Waals surface area contributed by atoms with Gasteiger partial charge >= 0.3 is 0 Å². The van der Waals surface area contributed by atoms with Gasteiger partial charge in [0.25, 0.3) is 0 Å². The Morgan fingerprint density at radius 2 is 1.95 bits per heavy atom. The molecule has 1 aliphatic carbocycles. The van der Waals surface area contributed by atoms with E-state index in [-0.39, 0.29) is 0 Å². The van der Waals surface area contributed by atoms with Crippen LogP contribution in [0.5, 0.6) is 0 Å². The van der Waals surface area contributed by atoms with E-state index in [1.54, 1.807) is 0 Å². The van der Waals surface area contributed by atoms with Crippen molar-refractivity contribution in [3.63, 3.8) is 0 Å². The molecule has 3 heteroatoms. The van der Waals surface area contributed by atoms with Crippen molar-refractivity contribution in [2.75, 3.05) is 11.9 Å². The first-order valence-electron chi connectivity index (χ1n) is 7.17. The van der Waals surface area contributed by atoms with Gasteiger partial charge in [-0.05, 0) is 37.0 Å². The monoisotopic (exact) mass is 263 g/mol. The molecule has 3 nitrogen and oxygen atoms in total. The molecule has 3 aromatic rings. The fourth-order valence-electron chi connectivity index (χ4n) is 2.53. The molecule has 1 aromatic heterocycles. The lowest BCUT2D eigenvalue weighted by atomic mass is 10.1. The zero-order chi connectivity index (χ0) is 13.4. The van der Waals surface area contributed by atoms with Crippen molar-refractivity contribution in [2.24, 2.45) is 5.92 Å². The van der Waals surface area contributed by atoms with E-state index < -0.39 is 0 Å². The summed E-state index contributed by atoms with van der Waals surface area (Å²) < 4.78 is 0. The van der Waals surface area contributed by atoms with Crippen LogP contribution in [-0.2, 0) is 0 Å². The van der Waals surface area contributed by atoms with Gasteiger partial charge in [-0.25, -0.2) is 0 Å². The summed E-state index contributed by atoms with van der Waals surface area (Å²) in [6.07, 6.45) is 2.74. The van der Waals surface area contributed by atoms with E-state index in [0.717, 1.165) is 29.2 Å². The number of aromatic amines is 1. The van der Waals surface area contributed by atoms with Crippen molar-refractivity contribution in [1.29, 1.82) is 0 Å². The van der Waals surface area contributed by atoms with Gasteiger partial charge in [-0.2, -0.15) is 5.10 Å². The van der Waals surface area contributed by atoms with E-state index in [4.69, 9.17) is 0 Å². The van der Waals surface area contributed by atoms with Crippen LogP contribution in [0.15, 0.2) is 48.5 Å². The average Bonchev–Trinajstić information content (AvgIpc) is 3.24. The molecular formula is C17H17N3. The van der Waals surface area contributed by atoms with Gasteiger partial charge in [-0.3, -0.25) is 5.10 Å². The molecule has 0 bridgehead atoms. The van der Waals surface area contributed by atoms with Crippen LogP contribution in [0, 0.1) is 5.92 Å². The minimum atomic E-state index is 0.882. The molecule has 100 valence electrons. The highest BCUT2D eigenvalue weighted by atomic mass is 15.1. The van der Waals surface area contributed by atoms with Crippen molar-refractivity contribution >= 4 is 16.6 Å². The van der Waals surface area contributed by atoms with Crippen molar-refractivity contribution in [3.8, 4) is 11.3 Å². The zero-order valence-electron chi connectivity index (χ0n) is 11.3. The van der Waals surface area contributed by atoms with Crippen LogP contribution >= 0.6 is 0 Å². The Bertz CT molecular complexity index is 726. The van der Waals surface area contributed by atoms with Gasteiger partial charge in [0.15, 0.2) is 0 Å². The summed E-state index contributed by atoms with van der Waals surface area (Å²) in [5, 5.41) is 12.3. The van der Waals surface area contributed by atoms with Crippen LogP contribution in [0.1, 0.15) is 12.8 Å². The van der Waals surface area contributed by atoms with Gasteiger partial charge < -0.3 is 5.32 Å². The molecule has 1 aliphatic rings. The predicted octanol–water partition coefficient (Wildman–Crippen LogP) is 4.05. The third-order valence-corrected chi connectivity index (χ3v) is 3.90. The number of anilines is 1. The van der Waals surface area contributed by atoms with E-state index in [9.17, 15) is 0 Å². The van der Waals surface area contributed by atoms with E-state index in [1.807, 2.05) is 18.2 Å². The van der Waals surface area contributed by atoms with Crippen LogP contribution in [-0.4, -0.2) is 16.7 Å². The third-order valence-electron chi connectivity index (χ3n) is 3.90. The minimum absolute atomic E-state index is 0.882. The molecule has 0 saturated heterocycles. The molecule has 1 fully saturated rings. The molecule has 1 saturated carbocycles. The number of hydrogen-bond acceptors (Lipinski definition) is 2. The van der Waals surface area contributed by atoms with E-state index in [0.29, 0.717) is 0 Å². The number of nitrogens with zero attached hydrogens (tertiary/aromatic N) is 1. The molecule has 0 radical (unpaired) electrons. The normalized spacial score (nSPS) is 14.6. The maximum Gasteiger partial charge on any atom is 0.0999 e. The maximum atomic E-state index is 4.46. The molecule has 2 N–H and O–H groups in total. The Morgan fingerprint density at radius 3 is 2.75 bits per heavy atom. The summed E-state index contributed by atoms with van der Waals surface area (Å²) in [4.78, 5) is 0. The van der Waals surface area contributed by atoms with Crippen LogP contribution in [0.25, 0.3) is 22.2 Å². The predicted molar refractivity (Wildman–Crippen MR) is 82.7 cm³/mol. The van der Waals surface area contributed by atoms with Gasteiger partial charge in [-0.15, -0.1) is 0 Å². The molecule has 2 aromatic carbocycles.